The highest BCUT2D eigenvalue weighted by atomic mass is 35.5. The van der Waals surface area contributed by atoms with E-state index >= 15 is 0 Å². The van der Waals surface area contributed by atoms with Crippen molar-refractivity contribution in [3.63, 3.8) is 0 Å². The summed E-state index contributed by atoms with van der Waals surface area (Å²) in [5.41, 5.74) is 3.70. The molecule has 0 radical (unpaired) electrons. The predicted octanol–water partition coefficient (Wildman–Crippen LogP) is 5.18. The van der Waals surface area contributed by atoms with E-state index in [2.05, 4.69) is 29.6 Å². The Hall–Kier alpha value is -1.18. The van der Waals surface area contributed by atoms with Crippen LogP contribution in [0, 0.1) is 0 Å². The van der Waals surface area contributed by atoms with Gasteiger partial charge in [-0.3, -0.25) is 0 Å². The van der Waals surface area contributed by atoms with Crippen molar-refractivity contribution in [1.82, 2.24) is 0 Å². The second-order valence-electron chi connectivity index (χ2n) is 5.04. The van der Waals surface area contributed by atoms with Crippen LogP contribution < -0.4 is 5.32 Å². The van der Waals surface area contributed by atoms with Crippen LogP contribution in [0.3, 0.4) is 0 Å². The molecule has 0 heterocycles. The molecule has 0 aromatic heterocycles. The van der Waals surface area contributed by atoms with Gasteiger partial charge in [-0.15, -0.1) is 11.6 Å². The van der Waals surface area contributed by atoms with E-state index in [1.165, 1.54) is 5.56 Å². The van der Waals surface area contributed by atoms with E-state index in [0.29, 0.717) is 5.88 Å². The fourth-order valence-electron chi connectivity index (χ4n) is 2.33. The van der Waals surface area contributed by atoms with Gasteiger partial charge in [-0.1, -0.05) is 35.9 Å². The number of anilines is 1. The molecule has 0 atom stereocenters. The topological polar surface area (TPSA) is 12.0 Å². The van der Waals surface area contributed by atoms with Gasteiger partial charge >= 0.3 is 0 Å². The van der Waals surface area contributed by atoms with Gasteiger partial charge in [0.1, 0.15) is 0 Å². The molecule has 3 rings (SSSR count). The normalized spacial score (nSPS) is 16.1. The van der Waals surface area contributed by atoms with Gasteiger partial charge in [-0.2, -0.15) is 0 Å². The Morgan fingerprint density at radius 3 is 2.11 bits per heavy atom. The highest BCUT2D eigenvalue weighted by Gasteiger charge is 2.44. The summed E-state index contributed by atoms with van der Waals surface area (Å²) >= 11 is 11.7. The minimum absolute atomic E-state index is 0.0959. The molecule has 2 aromatic rings. The van der Waals surface area contributed by atoms with Crippen molar-refractivity contribution in [2.75, 3.05) is 5.32 Å². The van der Waals surface area contributed by atoms with Gasteiger partial charge < -0.3 is 5.32 Å². The van der Waals surface area contributed by atoms with Crippen molar-refractivity contribution in [2.24, 2.45) is 0 Å². The average Bonchev–Trinajstić information content (AvgIpc) is 3.22. The standard InChI is InChI=1S/C16H15Cl2N/c17-11-12-1-3-13(4-2-12)16(9-10-16)19-15-7-5-14(18)6-8-15/h1-8,19H,9-11H2. The summed E-state index contributed by atoms with van der Waals surface area (Å²) in [5, 5.41) is 4.38. The molecule has 1 nitrogen and oxygen atoms in total. The van der Waals surface area contributed by atoms with Gasteiger partial charge in [0.2, 0.25) is 0 Å². The van der Waals surface area contributed by atoms with E-state index in [1.807, 2.05) is 24.3 Å². The average molecular weight is 292 g/mol. The van der Waals surface area contributed by atoms with Gasteiger partial charge in [-0.25, -0.2) is 0 Å². The minimum Gasteiger partial charge on any atom is -0.376 e. The third-order valence-corrected chi connectivity index (χ3v) is 4.20. The number of hydrogen-bond donors (Lipinski definition) is 1. The molecule has 0 saturated heterocycles. The summed E-state index contributed by atoms with van der Waals surface area (Å²) in [4.78, 5) is 0. The molecule has 1 saturated carbocycles. The van der Waals surface area contributed by atoms with Gasteiger partial charge in [0.15, 0.2) is 0 Å². The van der Waals surface area contributed by atoms with Crippen molar-refractivity contribution in [3.05, 3.63) is 64.7 Å². The first-order valence-electron chi connectivity index (χ1n) is 6.41. The molecule has 1 fully saturated rings. The second kappa shape index (κ2) is 5.07. The van der Waals surface area contributed by atoms with Crippen LogP contribution in [-0.2, 0) is 11.4 Å². The maximum Gasteiger partial charge on any atom is 0.0627 e. The molecule has 98 valence electrons. The molecule has 19 heavy (non-hydrogen) atoms. The van der Waals surface area contributed by atoms with Crippen LogP contribution in [-0.4, -0.2) is 0 Å². The molecule has 2 aromatic carbocycles. The third kappa shape index (κ3) is 2.72. The van der Waals surface area contributed by atoms with E-state index in [0.717, 1.165) is 29.1 Å². The highest BCUT2D eigenvalue weighted by molar-refractivity contribution is 6.30. The second-order valence-corrected chi connectivity index (χ2v) is 5.75. The lowest BCUT2D eigenvalue weighted by Crippen LogP contribution is -2.18. The number of rotatable bonds is 4. The number of nitrogens with one attached hydrogen (secondary N) is 1. The van der Waals surface area contributed by atoms with Crippen LogP contribution in [0.5, 0.6) is 0 Å². The van der Waals surface area contributed by atoms with Gasteiger partial charge in [0.05, 0.1) is 5.54 Å². The quantitative estimate of drug-likeness (QED) is 0.766. The van der Waals surface area contributed by atoms with Gasteiger partial charge in [-0.05, 0) is 48.2 Å². The molecule has 0 bridgehead atoms. The molecule has 0 amide bonds. The summed E-state index contributed by atoms with van der Waals surface area (Å²) in [5.74, 6) is 0.567. The first-order chi connectivity index (χ1) is 9.22. The summed E-state index contributed by atoms with van der Waals surface area (Å²) in [6.07, 6.45) is 2.33. The third-order valence-electron chi connectivity index (χ3n) is 3.64. The summed E-state index contributed by atoms with van der Waals surface area (Å²) < 4.78 is 0. The fourth-order valence-corrected chi connectivity index (χ4v) is 2.64. The van der Waals surface area contributed by atoms with Crippen LogP contribution in [0.2, 0.25) is 5.02 Å². The zero-order chi connectivity index (χ0) is 13.3. The lowest BCUT2D eigenvalue weighted by atomic mass is 10.0. The molecule has 0 spiro atoms. The summed E-state index contributed by atoms with van der Waals surface area (Å²) in [6, 6.07) is 16.4. The molecule has 1 aliphatic carbocycles. The summed E-state index contributed by atoms with van der Waals surface area (Å²) in [6.45, 7) is 0. The van der Waals surface area contributed by atoms with E-state index in [-0.39, 0.29) is 5.54 Å². The Morgan fingerprint density at radius 1 is 0.947 bits per heavy atom. The molecule has 1 aliphatic rings. The SMILES string of the molecule is ClCc1ccc(C2(Nc3ccc(Cl)cc3)CC2)cc1. The van der Waals surface area contributed by atoms with E-state index in [9.17, 15) is 0 Å². The van der Waals surface area contributed by atoms with E-state index < -0.39 is 0 Å². The molecule has 1 N–H and O–H groups in total. The number of benzene rings is 2. The van der Waals surface area contributed by atoms with Crippen molar-refractivity contribution >= 4 is 28.9 Å². The smallest absolute Gasteiger partial charge is 0.0627 e. The first-order valence-corrected chi connectivity index (χ1v) is 7.32. The maximum absolute atomic E-state index is 5.91. The summed E-state index contributed by atoms with van der Waals surface area (Å²) in [7, 11) is 0. The first kappa shape index (κ1) is 12.8. The lowest BCUT2D eigenvalue weighted by Gasteiger charge is -2.19. The van der Waals surface area contributed by atoms with Crippen LogP contribution in [0.25, 0.3) is 0 Å². The molecular formula is C16H15Cl2N. The van der Waals surface area contributed by atoms with E-state index in [4.69, 9.17) is 23.2 Å². The minimum atomic E-state index is 0.0959. The van der Waals surface area contributed by atoms with Crippen molar-refractivity contribution in [3.8, 4) is 0 Å². The maximum atomic E-state index is 5.91. The molecular weight excluding hydrogens is 277 g/mol. The van der Waals surface area contributed by atoms with E-state index in [1.54, 1.807) is 0 Å². The number of halogens is 2. The van der Waals surface area contributed by atoms with Crippen LogP contribution in [0.1, 0.15) is 24.0 Å². The number of hydrogen-bond acceptors (Lipinski definition) is 1. The van der Waals surface area contributed by atoms with Crippen LogP contribution >= 0.6 is 23.2 Å². The van der Waals surface area contributed by atoms with Crippen LogP contribution in [0.4, 0.5) is 5.69 Å². The fraction of sp³-hybridized carbons (Fsp3) is 0.250. The predicted molar refractivity (Wildman–Crippen MR) is 82.0 cm³/mol. The molecule has 3 heteroatoms. The van der Waals surface area contributed by atoms with Crippen LogP contribution in [0.15, 0.2) is 48.5 Å². The monoisotopic (exact) mass is 291 g/mol. The Morgan fingerprint density at radius 2 is 1.58 bits per heavy atom. The Bertz CT molecular complexity index is 556. The van der Waals surface area contributed by atoms with Crippen molar-refractivity contribution < 1.29 is 0 Å². The Kier molecular flexibility index (Phi) is 3.42. The van der Waals surface area contributed by atoms with Gasteiger partial charge in [0.25, 0.3) is 0 Å². The molecule has 0 aliphatic heterocycles. The zero-order valence-corrected chi connectivity index (χ0v) is 12.0. The van der Waals surface area contributed by atoms with Crippen molar-refractivity contribution in [1.29, 1.82) is 0 Å². The zero-order valence-electron chi connectivity index (χ0n) is 10.5. The lowest BCUT2D eigenvalue weighted by molar-refractivity contribution is 0.808. The highest BCUT2D eigenvalue weighted by Crippen LogP contribution is 2.48. The Balaban J connectivity index is 1.80. The van der Waals surface area contributed by atoms with Gasteiger partial charge in [0, 0.05) is 16.6 Å². The Labute approximate surface area is 123 Å². The van der Waals surface area contributed by atoms with Crippen molar-refractivity contribution in [2.45, 2.75) is 24.3 Å². The number of alkyl halides is 1. The molecule has 0 unspecified atom stereocenters. The largest absolute Gasteiger partial charge is 0.376 e.